The first-order valence-corrected chi connectivity index (χ1v) is 8.23. The Labute approximate surface area is 146 Å². The van der Waals surface area contributed by atoms with Crippen LogP contribution in [0.2, 0.25) is 10.0 Å². The van der Waals surface area contributed by atoms with E-state index in [0.717, 1.165) is 12.0 Å². The molecule has 0 radical (unpaired) electrons. The quantitative estimate of drug-likeness (QED) is 0.721. The SMILES string of the molecule is C[C@@H](OCCCNC(=O)c1ccc(Cl)cc1Cl)c1ccccc1. The minimum absolute atomic E-state index is 0.0395. The highest BCUT2D eigenvalue weighted by atomic mass is 35.5. The Balaban J connectivity index is 1.70. The van der Waals surface area contributed by atoms with Gasteiger partial charge in [0.1, 0.15) is 0 Å². The normalized spacial score (nSPS) is 12.0. The van der Waals surface area contributed by atoms with E-state index in [0.29, 0.717) is 28.8 Å². The highest BCUT2D eigenvalue weighted by molar-refractivity contribution is 6.36. The first-order chi connectivity index (χ1) is 11.1. The standard InChI is InChI=1S/C18H19Cl2NO2/c1-13(14-6-3-2-4-7-14)23-11-5-10-21-18(22)16-9-8-15(19)12-17(16)20/h2-4,6-9,12-13H,5,10-11H2,1H3,(H,21,22)/t13-/m1/s1. The van der Waals surface area contributed by atoms with Gasteiger partial charge in [0.05, 0.1) is 16.7 Å². The van der Waals surface area contributed by atoms with Gasteiger partial charge in [0.2, 0.25) is 0 Å². The Morgan fingerprint density at radius 3 is 2.61 bits per heavy atom. The third kappa shape index (κ3) is 5.54. The second kappa shape index (κ2) is 8.92. The van der Waals surface area contributed by atoms with Crippen LogP contribution >= 0.6 is 23.2 Å². The van der Waals surface area contributed by atoms with Crippen molar-refractivity contribution in [2.24, 2.45) is 0 Å². The number of hydrogen-bond acceptors (Lipinski definition) is 2. The molecule has 0 spiro atoms. The van der Waals surface area contributed by atoms with E-state index < -0.39 is 0 Å². The van der Waals surface area contributed by atoms with E-state index in [1.54, 1.807) is 18.2 Å². The van der Waals surface area contributed by atoms with Crippen molar-refractivity contribution in [3.63, 3.8) is 0 Å². The molecule has 0 aliphatic heterocycles. The summed E-state index contributed by atoms with van der Waals surface area (Å²) in [5, 5.41) is 3.69. The monoisotopic (exact) mass is 351 g/mol. The van der Waals surface area contributed by atoms with Gasteiger partial charge in [-0.25, -0.2) is 0 Å². The number of carbonyl (C=O) groups excluding carboxylic acids is 1. The molecular weight excluding hydrogens is 333 g/mol. The molecular formula is C18H19Cl2NO2. The van der Waals surface area contributed by atoms with Crippen LogP contribution in [0, 0.1) is 0 Å². The molecule has 2 aromatic rings. The second-order valence-corrected chi connectivity index (χ2v) is 6.00. The molecule has 0 bridgehead atoms. The van der Waals surface area contributed by atoms with Crippen molar-refractivity contribution in [3.8, 4) is 0 Å². The molecule has 1 amide bonds. The lowest BCUT2D eigenvalue weighted by molar-refractivity contribution is 0.0635. The number of rotatable bonds is 7. The zero-order chi connectivity index (χ0) is 16.7. The smallest absolute Gasteiger partial charge is 0.252 e. The summed E-state index contributed by atoms with van der Waals surface area (Å²) in [7, 11) is 0. The molecule has 0 aromatic heterocycles. The van der Waals surface area contributed by atoms with Crippen molar-refractivity contribution in [2.45, 2.75) is 19.4 Å². The topological polar surface area (TPSA) is 38.3 Å². The van der Waals surface area contributed by atoms with E-state index in [9.17, 15) is 4.79 Å². The van der Waals surface area contributed by atoms with Crippen LogP contribution in [-0.2, 0) is 4.74 Å². The summed E-state index contributed by atoms with van der Waals surface area (Å²) in [5.74, 6) is -0.206. The van der Waals surface area contributed by atoms with E-state index in [2.05, 4.69) is 5.32 Å². The van der Waals surface area contributed by atoms with Crippen LogP contribution in [0.1, 0.15) is 35.4 Å². The lowest BCUT2D eigenvalue weighted by atomic mass is 10.1. The lowest BCUT2D eigenvalue weighted by Crippen LogP contribution is -2.25. The molecule has 3 nitrogen and oxygen atoms in total. The van der Waals surface area contributed by atoms with Crippen molar-refractivity contribution in [1.29, 1.82) is 0 Å². The van der Waals surface area contributed by atoms with Gasteiger partial charge in [-0.3, -0.25) is 4.79 Å². The molecule has 1 N–H and O–H groups in total. The number of hydrogen-bond donors (Lipinski definition) is 1. The summed E-state index contributed by atoms with van der Waals surface area (Å²) in [6, 6.07) is 14.9. The van der Waals surface area contributed by atoms with Gasteiger partial charge < -0.3 is 10.1 Å². The third-order valence-electron chi connectivity index (χ3n) is 3.42. The predicted molar refractivity (Wildman–Crippen MR) is 94.2 cm³/mol. The Morgan fingerprint density at radius 2 is 1.91 bits per heavy atom. The number of carbonyl (C=O) groups is 1. The molecule has 5 heteroatoms. The minimum Gasteiger partial charge on any atom is -0.374 e. The van der Waals surface area contributed by atoms with Gasteiger partial charge in [-0.05, 0) is 37.1 Å². The molecule has 0 heterocycles. The predicted octanol–water partition coefficient (Wildman–Crippen LogP) is 4.89. The zero-order valence-electron chi connectivity index (χ0n) is 12.9. The largest absolute Gasteiger partial charge is 0.374 e. The fraction of sp³-hybridized carbons (Fsp3) is 0.278. The van der Waals surface area contributed by atoms with Gasteiger partial charge in [-0.2, -0.15) is 0 Å². The fourth-order valence-corrected chi connectivity index (χ4v) is 2.62. The summed E-state index contributed by atoms with van der Waals surface area (Å²) in [4.78, 5) is 12.0. The van der Waals surface area contributed by atoms with Crippen molar-refractivity contribution in [2.75, 3.05) is 13.2 Å². The van der Waals surface area contributed by atoms with Crippen molar-refractivity contribution in [1.82, 2.24) is 5.32 Å². The van der Waals surface area contributed by atoms with Crippen LogP contribution in [0.5, 0.6) is 0 Å². The third-order valence-corrected chi connectivity index (χ3v) is 3.97. The van der Waals surface area contributed by atoms with Crippen LogP contribution < -0.4 is 5.32 Å². The van der Waals surface area contributed by atoms with Gasteiger partial charge in [0, 0.05) is 18.2 Å². The highest BCUT2D eigenvalue weighted by Gasteiger charge is 2.10. The average molecular weight is 352 g/mol. The summed E-state index contributed by atoms with van der Waals surface area (Å²) >= 11 is 11.8. The molecule has 0 fully saturated rings. The maximum Gasteiger partial charge on any atom is 0.252 e. The van der Waals surface area contributed by atoms with Crippen LogP contribution in [0.3, 0.4) is 0 Å². The molecule has 2 rings (SSSR count). The molecule has 2 aromatic carbocycles. The van der Waals surface area contributed by atoms with Crippen LogP contribution in [-0.4, -0.2) is 19.1 Å². The summed E-state index contributed by atoms with van der Waals surface area (Å²) < 4.78 is 5.76. The summed E-state index contributed by atoms with van der Waals surface area (Å²) in [5.41, 5.74) is 1.57. The van der Waals surface area contributed by atoms with E-state index in [1.807, 2.05) is 37.3 Å². The maximum absolute atomic E-state index is 12.0. The van der Waals surface area contributed by atoms with Gasteiger partial charge in [0.25, 0.3) is 5.91 Å². The Kier molecular flexibility index (Phi) is 6.90. The Morgan fingerprint density at radius 1 is 1.17 bits per heavy atom. The molecule has 0 saturated heterocycles. The number of benzene rings is 2. The van der Waals surface area contributed by atoms with Gasteiger partial charge in [0.15, 0.2) is 0 Å². The van der Waals surface area contributed by atoms with Gasteiger partial charge in [-0.15, -0.1) is 0 Å². The Hall–Kier alpha value is -1.55. The minimum atomic E-state index is -0.206. The number of nitrogens with one attached hydrogen (secondary N) is 1. The van der Waals surface area contributed by atoms with Crippen molar-refractivity contribution >= 4 is 29.1 Å². The first-order valence-electron chi connectivity index (χ1n) is 7.47. The molecule has 1 atom stereocenters. The molecule has 0 saturated carbocycles. The first kappa shape index (κ1) is 17.8. The maximum atomic E-state index is 12.0. The summed E-state index contributed by atoms with van der Waals surface area (Å²) in [6.45, 7) is 3.12. The van der Waals surface area contributed by atoms with E-state index in [1.165, 1.54) is 0 Å². The molecule has 23 heavy (non-hydrogen) atoms. The fourth-order valence-electron chi connectivity index (χ4n) is 2.12. The van der Waals surface area contributed by atoms with Gasteiger partial charge >= 0.3 is 0 Å². The van der Waals surface area contributed by atoms with Crippen molar-refractivity contribution < 1.29 is 9.53 Å². The molecule has 0 unspecified atom stereocenters. The number of ether oxygens (including phenoxy) is 1. The Bertz CT molecular complexity index is 647. The lowest BCUT2D eigenvalue weighted by Gasteiger charge is -2.13. The number of amides is 1. The average Bonchev–Trinajstić information content (AvgIpc) is 2.55. The molecule has 122 valence electrons. The van der Waals surface area contributed by atoms with E-state index in [4.69, 9.17) is 27.9 Å². The van der Waals surface area contributed by atoms with Crippen LogP contribution in [0.25, 0.3) is 0 Å². The second-order valence-electron chi connectivity index (χ2n) is 5.16. The van der Waals surface area contributed by atoms with Crippen molar-refractivity contribution in [3.05, 3.63) is 69.7 Å². The van der Waals surface area contributed by atoms with E-state index in [-0.39, 0.29) is 12.0 Å². The van der Waals surface area contributed by atoms with E-state index >= 15 is 0 Å². The highest BCUT2D eigenvalue weighted by Crippen LogP contribution is 2.20. The molecule has 0 aliphatic carbocycles. The molecule has 0 aliphatic rings. The zero-order valence-corrected chi connectivity index (χ0v) is 14.4. The van der Waals surface area contributed by atoms with Crippen LogP contribution in [0.15, 0.2) is 48.5 Å². The number of halogens is 2. The van der Waals surface area contributed by atoms with Gasteiger partial charge in [-0.1, -0.05) is 53.5 Å². The van der Waals surface area contributed by atoms with Crippen LogP contribution in [0.4, 0.5) is 0 Å². The summed E-state index contributed by atoms with van der Waals surface area (Å²) in [6.07, 6.45) is 0.770.